The Hall–Kier alpha value is -3.16. The molecule has 6 nitrogen and oxygen atoms in total. The van der Waals surface area contributed by atoms with E-state index in [9.17, 15) is 13.2 Å². The highest BCUT2D eigenvalue weighted by Crippen LogP contribution is 2.30. The molecule has 0 saturated heterocycles. The fraction of sp³-hybridized carbons (Fsp3) is 0.136. The molecular formula is C22H22N2O4S. The van der Waals surface area contributed by atoms with E-state index in [-0.39, 0.29) is 10.5 Å². The molecule has 0 atom stereocenters. The van der Waals surface area contributed by atoms with E-state index < -0.39 is 15.9 Å². The van der Waals surface area contributed by atoms with Crippen LogP contribution in [0.3, 0.4) is 0 Å². The van der Waals surface area contributed by atoms with E-state index in [1.54, 1.807) is 31.2 Å². The summed E-state index contributed by atoms with van der Waals surface area (Å²) in [5.74, 6) is 0.716. The Morgan fingerprint density at radius 2 is 1.59 bits per heavy atom. The van der Waals surface area contributed by atoms with Crippen molar-refractivity contribution in [3.63, 3.8) is 0 Å². The molecule has 0 saturated carbocycles. The molecule has 0 unspecified atom stereocenters. The first-order valence-corrected chi connectivity index (χ1v) is 10.4. The van der Waals surface area contributed by atoms with Gasteiger partial charge in [-0.3, -0.25) is 4.79 Å². The van der Waals surface area contributed by atoms with Crippen LogP contribution in [0.4, 0.5) is 5.69 Å². The Labute approximate surface area is 170 Å². The van der Waals surface area contributed by atoms with Gasteiger partial charge < -0.3 is 10.1 Å². The summed E-state index contributed by atoms with van der Waals surface area (Å²) in [5.41, 5.74) is 1.44. The van der Waals surface area contributed by atoms with Crippen LogP contribution in [0, 0.1) is 6.92 Å². The number of nitrogens with one attached hydrogen (secondary N) is 1. The van der Waals surface area contributed by atoms with Gasteiger partial charge in [0.05, 0.1) is 10.6 Å². The van der Waals surface area contributed by atoms with E-state index in [0.717, 1.165) is 4.31 Å². The molecule has 0 aliphatic rings. The number of rotatable bonds is 6. The van der Waals surface area contributed by atoms with Crippen LogP contribution < -0.4 is 10.1 Å². The summed E-state index contributed by atoms with van der Waals surface area (Å²) in [4.78, 5) is 13.0. The molecule has 0 heterocycles. The van der Waals surface area contributed by atoms with E-state index in [2.05, 4.69) is 5.32 Å². The topological polar surface area (TPSA) is 75.7 Å². The molecule has 3 aromatic carbocycles. The van der Waals surface area contributed by atoms with Crippen LogP contribution in [0.2, 0.25) is 0 Å². The molecular weight excluding hydrogens is 388 g/mol. The van der Waals surface area contributed by atoms with Crippen LogP contribution in [-0.2, 0) is 10.0 Å². The lowest BCUT2D eigenvalue weighted by atomic mass is 10.1. The number of hydrogen-bond donors (Lipinski definition) is 1. The van der Waals surface area contributed by atoms with Gasteiger partial charge in [-0.1, -0.05) is 36.4 Å². The zero-order chi connectivity index (χ0) is 21.0. The molecule has 0 aliphatic carbocycles. The largest absolute Gasteiger partial charge is 0.455 e. The molecule has 0 fully saturated rings. The predicted octanol–water partition coefficient (Wildman–Crippen LogP) is 4.29. The summed E-state index contributed by atoms with van der Waals surface area (Å²) >= 11 is 0. The summed E-state index contributed by atoms with van der Waals surface area (Å²) < 4.78 is 31.8. The molecule has 1 amide bonds. The van der Waals surface area contributed by atoms with E-state index >= 15 is 0 Å². The number of sulfonamides is 1. The average molecular weight is 410 g/mol. The van der Waals surface area contributed by atoms with Gasteiger partial charge in [0.1, 0.15) is 5.75 Å². The second-order valence-corrected chi connectivity index (χ2v) is 8.78. The smallest absolute Gasteiger partial charge is 0.256 e. The lowest BCUT2D eigenvalue weighted by Gasteiger charge is -2.15. The third-order valence-corrected chi connectivity index (χ3v) is 6.15. The van der Waals surface area contributed by atoms with Crippen LogP contribution in [0.1, 0.15) is 15.9 Å². The summed E-state index contributed by atoms with van der Waals surface area (Å²) in [7, 11) is -0.742. The summed E-state index contributed by atoms with van der Waals surface area (Å²) in [6, 6.07) is 20.8. The summed E-state index contributed by atoms with van der Waals surface area (Å²) in [6.07, 6.45) is 0. The van der Waals surface area contributed by atoms with Crippen molar-refractivity contribution < 1.29 is 17.9 Å². The van der Waals surface area contributed by atoms with Crippen LogP contribution in [-0.4, -0.2) is 32.7 Å². The molecule has 3 rings (SSSR count). The number of nitrogens with zero attached hydrogens (tertiary/aromatic N) is 1. The Bertz CT molecular complexity index is 1130. The highest BCUT2D eigenvalue weighted by atomic mass is 32.2. The molecule has 1 N–H and O–H groups in total. The summed E-state index contributed by atoms with van der Waals surface area (Å²) in [5, 5.41) is 2.82. The Kier molecular flexibility index (Phi) is 6.00. The minimum Gasteiger partial charge on any atom is -0.455 e. The van der Waals surface area contributed by atoms with Crippen molar-refractivity contribution in [1.29, 1.82) is 0 Å². The van der Waals surface area contributed by atoms with Crippen molar-refractivity contribution in [3.05, 3.63) is 83.9 Å². The standard InChI is InChI=1S/C22H22N2O4S/c1-16-13-14-18(29(26,27)24(2)3)15-19(16)22(25)23-20-11-7-8-12-21(20)28-17-9-5-4-6-10-17/h4-15H,1-3H3,(H,23,25). The van der Waals surface area contributed by atoms with Gasteiger partial charge in [0.25, 0.3) is 5.91 Å². The first kappa shape index (κ1) is 20.6. The van der Waals surface area contributed by atoms with Crippen molar-refractivity contribution in [2.45, 2.75) is 11.8 Å². The van der Waals surface area contributed by atoms with Crippen molar-refractivity contribution in [3.8, 4) is 11.5 Å². The Balaban J connectivity index is 1.90. The van der Waals surface area contributed by atoms with E-state index in [1.165, 1.54) is 26.2 Å². The second-order valence-electron chi connectivity index (χ2n) is 6.63. The number of carbonyl (C=O) groups excluding carboxylic acids is 1. The van der Waals surface area contributed by atoms with Crippen LogP contribution >= 0.6 is 0 Å². The number of benzene rings is 3. The Morgan fingerprint density at radius 3 is 2.28 bits per heavy atom. The van der Waals surface area contributed by atoms with Gasteiger partial charge in [0.2, 0.25) is 10.0 Å². The maximum atomic E-state index is 12.9. The number of hydrogen-bond acceptors (Lipinski definition) is 4. The highest BCUT2D eigenvalue weighted by molar-refractivity contribution is 7.89. The SMILES string of the molecule is Cc1ccc(S(=O)(=O)N(C)C)cc1C(=O)Nc1ccccc1Oc1ccccc1. The van der Waals surface area contributed by atoms with Gasteiger partial charge in [-0.25, -0.2) is 12.7 Å². The monoisotopic (exact) mass is 410 g/mol. The minimum atomic E-state index is -3.64. The van der Waals surface area contributed by atoms with E-state index in [1.807, 2.05) is 36.4 Å². The van der Waals surface area contributed by atoms with Gasteiger partial charge >= 0.3 is 0 Å². The average Bonchev–Trinajstić information content (AvgIpc) is 2.70. The first-order valence-electron chi connectivity index (χ1n) is 8.95. The maximum Gasteiger partial charge on any atom is 0.256 e. The zero-order valence-electron chi connectivity index (χ0n) is 16.4. The van der Waals surface area contributed by atoms with Crippen molar-refractivity contribution in [2.75, 3.05) is 19.4 Å². The molecule has 0 bridgehead atoms. The maximum absolute atomic E-state index is 12.9. The number of aryl methyl sites for hydroxylation is 1. The highest BCUT2D eigenvalue weighted by Gasteiger charge is 2.20. The lowest BCUT2D eigenvalue weighted by molar-refractivity contribution is 0.102. The number of anilines is 1. The van der Waals surface area contributed by atoms with Crippen LogP contribution in [0.25, 0.3) is 0 Å². The molecule has 0 radical (unpaired) electrons. The van der Waals surface area contributed by atoms with Gasteiger partial charge in [-0.05, 0) is 48.9 Å². The molecule has 7 heteroatoms. The van der Waals surface area contributed by atoms with Gasteiger partial charge in [-0.15, -0.1) is 0 Å². The summed E-state index contributed by atoms with van der Waals surface area (Å²) in [6.45, 7) is 1.76. The normalized spacial score (nSPS) is 11.3. The second kappa shape index (κ2) is 8.46. The van der Waals surface area contributed by atoms with E-state index in [0.29, 0.717) is 22.7 Å². The number of para-hydroxylation sites is 3. The number of ether oxygens (including phenoxy) is 1. The third-order valence-electron chi connectivity index (χ3n) is 4.34. The fourth-order valence-electron chi connectivity index (χ4n) is 2.68. The van der Waals surface area contributed by atoms with Gasteiger partial charge in [-0.2, -0.15) is 0 Å². The zero-order valence-corrected chi connectivity index (χ0v) is 17.2. The first-order chi connectivity index (χ1) is 13.8. The molecule has 0 spiro atoms. The van der Waals surface area contributed by atoms with Gasteiger partial charge in [0, 0.05) is 19.7 Å². The van der Waals surface area contributed by atoms with Crippen molar-refractivity contribution in [1.82, 2.24) is 4.31 Å². The Morgan fingerprint density at radius 1 is 0.931 bits per heavy atom. The molecule has 0 aromatic heterocycles. The van der Waals surface area contributed by atoms with Crippen molar-refractivity contribution in [2.24, 2.45) is 0 Å². The molecule has 3 aromatic rings. The molecule has 150 valence electrons. The van der Waals surface area contributed by atoms with Crippen LogP contribution in [0.5, 0.6) is 11.5 Å². The number of carbonyl (C=O) groups is 1. The number of amides is 1. The molecule has 29 heavy (non-hydrogen) atoms. The quantitative estimate of drug-likeness (QED) is 0.658. The van der Waals surface area contributed by atoms with Gasteiger partial charge in [0.15, 0.2) is 5.75 Å². The van der Waals surface area contributed by atoms with Crippen molar-refractivity contribution >= 4 is 21.6 Å². The van der Waals surface area contributed by atoms with Crippen LogP contribution in [0.15, 0.2) is 77.7 Å². The fourth-order valence-corrected chi connectivity index (χ4v) is 3.61. The van der Waals surface area contributed by atoms with E-state index in [4.69, 9.17) is 4.74 Å². The molecule has 0 aliphatic heterocycles. The predicted molar refractivity (Wildman–Crippen MR) is 113 cm³/mol. The minimum absolute atomic E-state index is 0.0621. The lowest BCUT2D eigenvalue weighted by Crippen LogP contribution is -2.23. The third kappa shape index (κ3) is 4.64.